The third kappa shape index (κ3) is 1.96. The Labute approximate surface area is 63.6 Å². The molecule has 0 saturated carbocycles. The molecular formula is C8H19NO. The van der Waals surface area contributed by atoms with E-state index >= 15 is 0 Å². The molecule has 62 valence electrons. The zero-order valence-electron chi connectivity index (χ0n) is 7.28. The first-order chi connectivity index (χ1) is 4.83. The zero-order chi connectivity index (χ0) is 8.04. The fraction of sp³-hybridized carbons (Fsp3) is 1.00. The van der Waals surface area contributed by atoms with Crippen LogP contribution >= 0.6 is 0 Å². The van der Waals surface area contributed by atoms with Crippen molar-refractivity contribution in [1.82, 2.24) is 5.32 Å². The second-order valence-electron chi connectivity index (χ2n) is 2.62. The van der Waals surface area contributed by atoms with E-state index in [1.165, 1.54) is 0 Å². The zero-order valence-corrected chi connectivity index (χ0v) is 7.28. The van der Waals surface area contributed by atoms with Gasteiger partial charge in [0, 0.05) is 18.5 Å². The maximum atomic E-state index is 8.80. The van der Waals surface area contributed by atoms with E-state index in [0.29, 0.717) is 6.61 Å². The van der Waals surface area contributed by atoms with Crippen LogP contribution in [0.1, 0.15) is 27.2 Å². The molecule has 0 amide bonds. The van der Waals surface area contributed by atoms with Crippen LogP contribution in [-0.4, -0.2) is 24.8 Å². The lowest BCUT2D eigenvalue weighted by atomic mass is 9.80. The fourth-order valence-electron chi connectivity index (χ4n) is 0.952. The Kier molecular flexibility index (Phi) is 4.65. The SMILES string of the molecule is CC.CCC1(CO)CNC1. The number of hydrogen-bond donors (Lipinski definition) is 2. The molecular weight excluding hydrogens is 126 g/mol. The van der Waals surface area contributed by atoms with Gasteiger partial charge < -0.3 is 10.4 Å². The van der Waals surface area contributed by atoms with Crippen molar-refractivity contribution < 1.29 is 5.11 Å². The van der Waals surface area contributed by atoms with Gasteiger partial charge in [-0.2, -0.15) is 0 Å². The van der Waals surface area contributed by atoms with Crippen molar-refractivity contribution in [2.24, 2.45) is 5.41 Å². The van der Waals surface area contributed by atoms with E-state index in [9.17, 15) is 0 Å². The first-order valence-corrected chi connectivity index (χ1v) is 4.14. The summed E-state index contributed by atoms with van der Waals surface area (Å²) in [6.45, 7) is 8.47. The minimum atomic E-state index is 0.250. The van der Waals surface area contributed by atoms with Crippen LogP contribution in [-0.2, 0) is 0 Å². The number of nitrogens with one attached hydrogen (secondary N) is 1. The molecule has 0 aromatic heterocycles. The van der Waals surface area contributed by atoms with Crippen LogP contribution in [0, 0.1) is 5.41 Å². The van der Waals surface area contributed by atoms with Crippen LogP contribution < -0.4 is 5.32 Å². The van der Waals surface area contributed by atoms with Crippen molar-refractivity contribution in [2.75, 3.05) is 19.7 Å². The summed E-state index contributed by atoms with van der Waals surface area (Å²) in [5.41, 5.74) is 0.250. The van der Waals surface area contributed by atoms with Crippen molar-refractivity contribution in [1.29, 1.82) is 0 Å². The molecule has 1 aliphatic heterocycles. The molecule has 0 radical (unpaired) electrons. The van der Waals surface area contributed by atoms with Gasteiger partial charge in [0.2, 0.25) is 0 Å². The summed E-state index contributed by atoms with van der Waals surface area (Å²) in [7, 11) is 0. The summed E-state index contributed by atoms with van der Waals surface area (Å²) in [6.07, 6.45) is 1.09. The van der Waals surface area contributed by atoms with Gasteiger partial charge in [-0.1, -0.05) is 20.8 Å². The first-order valence-electron chi connectivity index (χ1n) is 4.14. The summed E-state index contributed by atoms with van der Waals surface area (Å²) in [5, 5.41) is 11.9. The van der Waals surface area contributed by atoms with Crippen molar-refractivity contribution in [3.8, 4) is 0 Å². The molecule has 2 heteroatoms. The largest absolute Gasteiger partial charge is 0.396 e. The Balaban J connectivity index is 0.000000371. The predicted molar refractivity (Wildman–Crippen MR) is 44.0 cm³/mol. The minimum absolute atomic E-state index is 0.250. The van der Waals surface area contributed by atoms with E-state index in [1.54, 1.807) is 0 Å². The summed E-state index contributed by atoms with van der Waals surface area (Å²) < 4.78 is 0. The summed E-state index contributed by atoms with van der Waals surface area (Å²) in [5.74, 6) is 0. The predicted octanol–water partition coefficient (Wildman–Crippen LogP) is 1.00. The molecule has 0 aliphatic carbocycles. The molecule has 1 rings (SSSR count). The van der Waals surface area contributed by atoms with Crippen LogP contribution in [0.15, 0.2) is 0 Å². The second kappa shape index (κ2) is 4.69. The van der Waals surface area contributed by atoms with Gasteiger partial charge in [0.1, 0.15) is 0 Å². The molecule has 0 bridgehead atoms. The molecule has 0 aromatic rings. The third-order valence-corrected chi connectivity index (χ3v) is 2.09. The molecule has 2 nitrogen and oxygen atoms in total. The summed E-state index contributed by atoms with van der Waals surface area (Å²) >= 11 is 0. The maximum absolute atomic E-state index is 8.80. The van der Waals surface area contributed by atoms with E-state index < -0.39 is 0 Å². The smallest absolute Gasteiger partial charge is 0.0511 e. The lowest BCUT2D eigenvalue weighted by Gasteiger charge is -2.40. The highest BCUT2D eigenvalue weighted by molar-refractivity contribution is 4.90. The van der Waals surface area contributed by atoms with Gasteiger partial charge in [0.05, 0.1) is 6.61 Å². The minimum Gasteiger partial charge on any atom is -0.396 e. The molecule has 1 aliphatic rings. The highest BCUT2D eigenvalue weighted by Gasteiger charge is 2.33. The first kappa shape index (κ1) is 9.92. The quantitative estimate of drug-likeness (QED) is 0.607. The summed E-state index contributed by atoms with van der Waals surface area (Å²) in [6, 6.07) is 0. The monoisotopic (exact) mass is 145 g/mol. The maximum Gasteiger partial charge on any atom is 0.0511 e. The average molecular weight is 145 g/mol. The van der Waals surface area contributed by atoms with Gasteiger partial charge in [0.25, 0.3) is 0 Å². The Morgan fingerprint density at radius 2 is 1.90 bits per heavy atom. The molecule has 1 saturated heterocycles. The van der Waals surface area contributed by atoms with Crippen LogP contribution in [0.4, 0.5) is 0 Å². The molecule has 0 aromatic carbocycles. The van der Waals surface area contributed by atoms with E-state index in [0.717, 1.165) is 19.5 Å². The number of aliphatic hydroxyl groups excluding tert-OH is 1. The van der Waals surface area contributed by atoms with Gasteiger partial charge in [-0.15, -0.1) is 0 Å². The highest BCUT2D eigenvalue weighted by atomic mass is 16.3. The second-order valence-corrected chi connectivity index (χ2v) is 2.62. The molecule has 0 spiro atoms. The van der Waals surface area contributed by atoms with E-state index in [2.05, 4.69) is 12.2 Å². The van der Waals surface area contributed by atoms with E-state index in [4.69, 9.17) is 5.11 Å². The standard InChI is InChI=1S/C6H13NO.C2H6/c1-2-6(5-8)3-7-4-6;1-2/h7-8H,2-5H2,1H3;1-2H3. The molecule has 0 unspecified atom stereocenters. The van der Waals surface area contributed by atoms with E-state index in [-0.39, 0.29) is 5.41 Å². The Morgan fingerprint density at radius 3 is 1.90 bits per heavy atom. The fourth-order valence-corrected chi connectivity index (χ4v) is 0.952. The van der Waals surface area contributed by atoms with Crippen LogP contribution in [0.25, 0.3) is 0 Å². The number of hydrogen-bond acceptors (Lipinski definition) is 2. The van der Waals surface area contributed by atoms with Gasteiger partial charge in [-0.05, 0) is 6.42 Å². The van der Waals surface area contributed by atoms with Crippen molar-refractivity contribution in [3.05, 3.63) is 0 Å². The lowest BCUT2D eigenvalue weighted by molar-refractivity contribution is 0.0648. The molecule has 0 atom stereocenters. The van der Waals surface area contributed by atoms with Gasteiger partial charge in [-0.25, -0.2) is 0 Å². The Bertz CT molecular complexity index is 65.8. The Hall–Kier alpha value is -0.0800. The topological polar surface area (TPSA) is 32.3 Å². The van der Waals surface area contributed by atoms with Crippen molar-refractivity contribution in [3.63, 3.8) is 0 Å². The van der Waals surface area contributed by atoms with Crippen molar-refractivity contribution in [2.45, 2.75) is 27.2 Å². The molecule has 1 heterocycles. The van der Waals surface area contributed by atoms with Crippen molar-refractivity contribution >= 4 is 0 Å². The number of aliphatic hydroxyl groups is 1. The average Bonchev–Trinajstić information content (AvgIpc) is 1.93. The van der Waals surface area contributed by atoms with Crippen LogP contribution in [0.5, 0.6) is 0 Å². The van der Waals surface area contributed by atoms with Crippen LogP contribution in [0.3, 0.4) is 0 Å². The van der Waals surface area contributed by atoms with Gasteiger partial charge in [-0.3, -0.25) is 0 Å². The summed E-state index contributed by atoms with van der Waals surface area (Å²) in [4.78, 5) is 0. The van der Waals surface area contributed by atoms with Crippen LogP contribution in [0.2, 0.25) is 0 Å². The number of rotatable bonds is 2. The van der Waals surface area contributed by atoms with Gasteiger partial charge >= 0.3 is 0 Å². The third-order valence-electron chi connectivity index (χ3n) is 2.09. The highest BCUT2D eigenvalue weighted by Crippen LogP contribution is 2.24. The molecule has 10 heavy (non-hydrogen) atoms. The van der Waals surface area contributed by atoms with Gasteiger partial charge in [0.15, 0.2) is 0 Å². The molecule has 1 fully saturated rings. The lowest BCUT2D eigenvalue weighted by Crippen LogP contribution is -2.55. The Morgan fingerprint density at radius 1 is 1.40 bits per heavy atom. The normalized spacial score (nSPS) is 20.4. The van der Waals surface area contributed by atoms with E-state index in [1.807, 2.05) is 13.8 Å². The molecule has 2 N–H and O–H groups in total.